The highest BCUT2D eigenvalue weighted by Gasteiger charge is 2.46. The molecule has 0 aliphatic carbocycles. The van der Waals surface area contributed by atoms with E-state index in [1.807, 2.05) is 6.08 Å². The van der Waals surface area contributed by atoms with Gasteiger partial charge in [0, 0.05) is 0 Å². The van der Waals surface area contributed by atoms with E-state index in [0.717, 1.165) is 12.8 Å². The average molecular weight is 360 g/mol. The number of carbonyl (C=O) groups excluding carboxylic acids is 2. The standard InChI is InChI=1S/C22H32O4/c1-6-16(2)11-9-12-18(4)14-17(3)10-7-8-13-20(24)22(5)15-19(23)21(25)26-22/h7-13,16-17,20,24H,6,14-15H2,1-5H3/b10-7+,11-9+,13-8+,18-12+/t16-,17-,20+,22-/m0/s1. The number of ketones is 1. The molecule has 0 amide bonds. The van der Waals surface area contributed by atoms with Crippen LogP contribution in [0.1, 0.15) is 53.9 Å². The van der Waals surface area contributed by atoms with Gasteiger partial charge in [0.25, 0.3) is 0 Å². The van der Waals surface area contributed by atoms with Gasteiger partial charge in [-0.3, -0.25) is 4.79 Å². The van der Waals surface area contributed by atoms with Crippen molar-refractivity contribution in [2.45, 2.75) is 65.6 Å². The Morgan fingerprint density at radius 3 is 2.35 bits per heavy atom. The maximum Gasteiger partial charge on any atom is 0.375 e. The van der Waals surface area contributed by atoms with Crippen LogP contribution < -0.4 is 0 Å². The molecule has 0 aromatic heterocycles. The monoisotopic (exact) mass is 360 g/mol. The fraction of sp³-hybridized carbons (Fsp3) is 0.545. The topological polar surface area (TPSA) is 63.6 Å². The maximum atomic E-state index is 11.3. The lowest BCUT2D eigenvalue weighted by Crippen LogP contribution is -2.37. The lowest BCUT2D eigenvalue weighted by atomic mass is 9.94. The van der Waals surface area contributed by atoms with Crippen LogP contribution in [0.5, 0.6) is 0 Å². The molecule has 1 fully saturated rings. The minimum Gasteiger partial charge on any atom is -0.450 e. The van der Waals surface area contributed by atoms with Crippen molar-refractivity contribution in [3.05, 3.63) is 48.1 Å². The molecule has 0 bridgehead atoms. The summed E-state index contributed by atoms with van der Waals surface area (Å²) >= 11 is 0. The van der Waals surface area contributed by atoms with Gasteiger partial charge in [-0.05, 0) is 32.1 Å². The first-order chi connectivity index (χ1) is 12.2. The molecular weight excluding hydrogens is 328 g/mol. The van der Waals surface area contributed by atoms with E-state index in [2.05, 4.69) is 52.0 Å². The zero-order chi connectivity index (χ0) is 19.7. The van der Waals surface area contributed by atoms with E-state index >= 15 is 0 Å². The third-order valence-electron chi connectivity index (χ3n) is 4.64. The number of hydrogen-bond acceptors (Lipinski definition) is 4. The number of aliphatic hydroxyl groups excluding tert-OH is 1. The summed E-state index contributed by atoms with van der Waals surface area (Å²) in [7, 11) is 0. The Morgan fingerprint density at radius 1 is 1.15 bits per heavy atom. The summed E-state index contributed by atoms with van der Waals surface area (Å²) in [5.41, 5.74) is 0.153. The molecule has 0 aromatic rings. The summed E-state index contributed by atoms with van der Waals surface area (Å²) in [6.07, 6.45) is 14.7. The van der Waals surface area contributed by atoms with Gasteiger partial charge in [-0.25, -0.2) is 4.79 Å². The van der Waals surface area contributed by atoms with Gasteiger partial charge >= 0.3 is 5.97 Å². The molecule has 4 heteroatoms. The van der Waals surface area contributed by atoms with E-state index in [1.165, 1.54) is 5.57 Å². The number of ether oxygens (including phenoxy) is 1. The van der Waals surface area contributed by atoms with Crippen LogP contribution in [0.2, 0.25) is 0 Å². The highest BCUT2D eigenvalue weighted by atomic mass is 16.6. The molecular formula is C22H32O4. The summed E-state index contributed by atoms with van der Waals surface area (Å²) in [6, 6.07) is 0. The van der Waals surface area contributed by atoms with Gasteiger partial charge < -0.3 is 9.84 Å². The van der Waals surface area contributed by atoms with E-state index in [1.54, 1.807) is 19.1 Å². The van der Waals surface area contributed by atoms with Crippen LogP contribution in [0.3, 0.4) is 0 Å². The van der Waals surface area contributed by atoms with Crippen LogP contribution in [-0.2, 0) is 14.3 Å². The van der Waals surface area contributed by atoms with Crippen LogP contribution in [0.15, 0.2) is 48.1 Å². The molecule has 1 N–H and O–H groups in total. The second-order valence-corrected chi connectivity index (χ2v) is 7.48. The molecule has 1 saturated heterocycles. The number of aliphatic hydroxyl groups is 1. The van der Waals surface area contributed by atoms with Crippen molar-refractivity contribution in [3.8, 4) is 0 Å². The van der Waals surface area contributed by atoms with E-state index in [0.29, 0.717) is 11.8 Å². The van der Waals surface area contributed by atoms with E-state index in [-0.39, 0.29) is 6.42 Å². The molecule has 0 spiro atoms. The van der Waals surface area contributed by atoms with Crippen LogP contribution >= 0.6 is 0 Å². The summed E-state index contributed by atoms with van der Waals surface area (Å²) in [4.78, 5) is 22.5. The Labute approximate surface area is 157 Å². The smallest absolute Gasteiger partial charge is 0.375 e. The molecule has 0 unspecified atom stereocenters. The lowest BCUT2D eigenvalue weighted by Gasteiger charge is -2.25. The van der Waals surface area contributed by atoms with Gasteiger partial charge in [0.2, 0.25) is 5.78 Å². The van der Waals surface area contributed by atoms with Crippen molar-refractivity contribution in [2.75, 3.05) is 0 Å². The Hall–Kier alpha value is -1.94. The van der Waals surface area contributed by atoms with Crippen LogP contribution in [0.25, 0.3) is 0 Å². The zero-order valence-electron chi connectivity index (χ0n) is 16.6. The molecule has 4 atom stereocenters. The first-order valence-corrected chi connectivity index (χ1v) is 9.31. The Morgan fingerprint density at radius 2 is 1.77 bits per heavy atom. The highest BCUT2D eigenvalue weighted by Crippen LogP contribution is 2.28. The summed E-state index contributed by atoms with van der Waals surface area (Å²) in [5.74, 6) is -0.488. The Bertz CT molecular complexity index is 594. The van der Waals surface area contributed by atoms with E-state index < -0.39 is 23.5 Å². The quantitative estimate of drug-likeness (QED) is 0.378. The second-order valence-electron chi connectivity index (χ2n) is 7.48. The fourth-order valence-corrected chi connectivity index (χ4v) is 2.68. The van der Waals surface area contributed by atoms with Crippen molar-refractivity contribution >= 4 is 11.8 Å². The van der Waals surface area contributed by atoms with Crippen molar-refractivity contribution < 1.29 is 19.4 Å². The molecule has 1 heterocycles. The SMILES string of the molecule is CC[C@H](C)/C=C/C=C(\C)C[C@@H](C)/C=C/C=C/[C@@H](O)[C@]1(C)CC(=O)C(=O)O1. The van der Waals surface area contributed by atoms with Gasteiger partial charge in [0.05, 0.1) is 6.42 Å². The largest absolute Gasteiger partial charge is 0.450 e. The first-order valence-electron chi connectivity index (χ1n) is 9.31. The molecule has 0 saturated carbocycles. The fourth-order valence-electron chi connectivity index (χ4n) is 2.68. The van der Waals surface area contributed by atoms with Crippen LogP contribution in [-0.4, -0.2) is 28.6 Å². The van der Waals surface area contributed by atoms with E-state index in [9.17, 15) is 14.7 Å². The Balaban J connectivity index is 2.48. The maximum absolute atomic E-state index is 11.3. The molecule has 4 nitrogen and oxygen atoms in total. The summed E-state index contributed by atoms with van der Waals surface area (Å²) in [6.45, 7) is 10.2. The minimum atomic E-state index is -1.16. The predicted molar refractivity (Wildman–Crippen MR) is 105 cm³/mol. The molecule has 1 rings (SSSR count). The van der Waals surface area contributed by atoms with Gasteiger partial charge in [-0.1, -0.05) is 75.3 Å². The lowest BCUT2D eigenvalue weighted by molar-refractivity contribution is -0.156. The summed E-state index contributed by atoms with van der Waals surface area (Å²) < 4.78 is 4.99. The van der Waals surface area contributed by atoms with Crippen molar-refractivity contribution in [3.63, 3.8) is 0 Å². The highest BCUT2D eigenvalue weighted by molar-refractivity contribution is 6.35. The average Bonchev–Trinajstić information content (AvgIpc) is 2.84. The number of rotatable bonds is 9. The molecule has 144 valence electrons. The van der Waals surface area contributed by atoms with Crippen molar-refractivity contribution in [2.24, 2.45) is 11.8 Å². The number of Topliss-reactive ketones (excluding diaryl/α,β-unsaturated/α-hetero) is 1. The Kier molecular flexibility index (Phi) is 8.73. The molecule has 26 heavy (non-hydrogen) atoms. The third kappa shape index (κ3) is 7.12. The van der Waals surface area contributed by atoms with Gasteiger partial charge in [-0.2, -0.15) is 0 Å². The van der Waals surface area contributed by atoms with Crippen molar-refractivity contribution in [1.29, 1.82) is 0 Å². The van der Waals surface area contributed by atoms with Crippen LogP contribution in [0.4, 0.5) is 0 Å². The number of hydrogen-bond donors (Lipinski definition) is 1. The number of cyclic esters (lactones) is 1. The number of esters is 1. The molecule has 1 aliphatic heterocycles. The molecule has 0 aromatic carbocycles. The van der Waals surface area contributed by atoms with Gasteiger partial charge in [0.1, 0.15) is 11.7 Å². The summed E-state index contributed by atoms with van der Waals surface area (Å²) in [5, 5.41) is 10.1. The normalized spacial score (nSPS) is 25.4. The first kappa shape index (κ1) is 22.1. The zero-order valence-corrected chi connectivity index (χ0v) is 16.6. The second kappa shape index (κ2) is 10.3. The number of carbonyl (C=O) groups is 2. The van der Waals surface area contributed by atoms with Crippen LogP contribution in [0, 0.1) is 11.8 Å². The third-order valence-corrected chi connectivity index (χ3v) is 4.64. The van der Waals surface area contributed by atoms with Gasteiger partial charge in [0.15, 0.2) is 0 Å². The van der Waals surface area contributed by atoms with E-state index in [4.69, 9.17) is 4.74 Å². The molecule has 0 radical (unpaired) electrons. The number of allylic oxidation sites excluding steroid dienone is 7. The predicted octanol–water partition coefficient (Wildman–Crippen LogP) is 4.31. The molecule has 1 aliphatic rings. The minimum absolute atomic E-state index is 0.0917. The van der Waals surface area contributed by atoms with Gasteiger partial charge in [-0.15, -0.1) is 0 Å². The van der Waals surface area contributed by atoms with Crippen molar-refractivity contribution in [1.82, 2.24) is 0 Å².